The van der Waals surface area contributed by atoms with Crippen LogP contribution in [0, 0.1) is 6.92 Å². The van der Waals surface area contributed by atoms with Crippen molar-refractivity contribution in [1.82, 2.24) is 19.7 Å². The van der Waals surface area contributed by atoms with Crippen molar-refractivity contribution in [1.29, 1.82) is 0 Å². The lowest BCUT2D eigenvalue weighted by Crippen LogP contribution is -2.02. The lowest BCUT2D eigenvalue weighted by molar-refractivity contribution is 0.825. The molecule has 0 radical (unpaired) electrons. The molecule has 0 aliphatic heterocycles. The maximum Gasteiger partial charge on any atom is 0.173 e. The first-order valence-corrected chi connectivity index (χ1v) is 4.32. The lowest BCUT2D eigenvalue weighted by Gasteiger charge is -2.02. The second-order valence-electron chi connectivity index (χ2n) is 2.91. The number of hydrogen-bond donors (Lipinski definition) is 1. The van der Waals surface area contributed by atoms with Crippen molar-refractivity contribution in [3.63, 3.8) is 0 Å². The predicted octanol–water partition coefficient (Wildman–Crippen LogP) is 1.01. The van der Waals surface area contributed by atoms with Crippen molar-refractivity contribution in [2.45, 2.75) is 6.92 Å². The molecule has 0 spiro atoms. The van der Waals surface area contributed by atoms with Gasteiger partial charge in [-0.15, -0.1) is 0 Å². The van der Waals surface area contributed by atoms with Gasteiger partial charge in [0, 0.05) is 13.2 Å². The van der Waals surface area contributed by atoms with Gasteiger partial charge in [-0.25, -0.2) is 9.67 Å². The zero-order valence-electron chi connectivity index (χ0n) is 8.10. The van der Waals surface area contributed by atoms with Crippen molar-refractivity contribution >= 4 is 5.82 Å². The molecule has 5 nitrogen and oxygen atoms in total. The van der Waals surface area contributed by atoms with Crippen LogP contribution in [-0.2, 0) is 0 Å². The van der Waals surface area contributed by atoms with E-state index in [1.54, 1.807) is 17.1 Å². The first-order chi connectivity index (χ1) is 6.79. The molecule has 0 unspecified atom stereocenters. The summed E-state index contributed by atoms with van der Waals surface area (Å²) in [6.07, 6.45) is 5.20. The first-order valence-electron chi connectivity index (χ1n) is 4.32. The number of hydrogen-bond acceptors (Lipinski definition) is 4. The molecular weight excluding hydrogens is 178 g/mol. The summed E-state index contributed by atoms with van der Waals surface area (Å²) in [5, 5.41) is 7.17. The second kappa shape index (κ2) is 3.45. The first kappa shape index (κ1) is 8.68. The lowest BCUT2D eigenvalue weighted by atomic mass is 10.5. The highest BCUT2D eigenvalue weighted by Gasteiger charge is 2.00. The Morgan fingerprint density at radius 1 is 1.36 bits per heavy atom. The van der Waals surface area contributed by atoms with Crippen LogP contribution < -0.4 is 5.32 Å². The molecule has 0 fully saturated rings. The van der Waals surface area contributed by atoms with E-state index in [0.717, 1.165) is 11.5 Å². The average Bonchev–Trinajstić information content (AvgIpc) is 2.65. The van der Waals surface area contributed by atoms with Gasteiger partial charge < -0.3 is 5.32 Å². The van der Waals surface area contributed by atoms with E-state index in [9.17, 15) is 0 Å². The monoisotopic (exact) mass is 189 g/mol. The summed E-state index contributed by atoms with van der Waals surface area (Å²) in [4.78, 5) is 8.36. The molecule has 0 aliphatic carbocycles. The van der Waals surface area contributed by atoms with Gasteiger partial charge in [-0.1, -0.05) is 0 Å². The molecule has 0 atom stereocenters. The number of aryl methyl sites for hydroxylation is 1. The minimum Gasteiger partial charge on any atom is -0.372 e. The van der Waals surface area contributed by atoms with E-state index >= 15 is 0 Å². The fourth-order valence-electron chi connectivity index (χ4n) is 1.13. The minimum absolute atomic E-state index is 0.713. The summed E-state index contributed by atoms with van der Waals surface area (Å²) < 4.78 is 1.70. The van der Waals surface area contributed by atoms with Gasteiger partial charge in [-0.3, -0.25) is 4.98 Å². The van der Waals surface area contributed by atoms with E-state index in [0.29, 0.717) is 5.82 Å². The van der Waals surface area contributed by atoms with E-state index in [1.807, 2.05) is 26.2 Å². The number of nitrogens with one attached hydrogen (secondary N) is 1. The van der Waals surface area contributed by atoms with Gasteiger partial charge in [0.1, 0.15) is 5.82 Å². The Labute approximate surface area is 81.8 Å². The molecule has 2 aromatic heterocycles. The molecule has 1 N–H and O–H groups in total. The number of aromatic nitrogens is 4. The normalized spacial score (nSPS) is 10.1. The molecule has 0 saturated carbocycles. The molecule has 0 aromatic carbocycles. The van der Waals surface area contributed by atoms with Crippen molar-refractivity contribution < 1.29 is 0 Å². The third kappa shape index (κ3) is 1.56. The maximum absolute atomic E-state index is 4.30. The van der Waals surface area contributed by atoms with Crippen LogP contribution in [0.3, 0.4) is 0 Å². The van der Waals surface area contributed by atoms with E-state index in [-0.39, 0.29) is 0 Å². The standard InChI is InChI=1S/C9H11N5/c1-7-3-4-14(13-7)9-6-11-5-8(10-2)12-9/h3-6H,1-2H3,(H,10,12). The largest absolute Gasteiger partial charge is 0.372 e. The van der Waals surface area contributed by atoms with Crippen molar-refractivity contribution in [2.24, 2.45) is 0 Å². The van der Waals surface area contributed by atoms with Crippen LogP contribution >= 0.6 is 0 Å². The molecule has 0 saturated heterocycles. The quantitative estimate of drug-likeness (QED) is 0.766. The van der Waals surface area contributed by atoms with Crippen LogP contribution in [0.2, 0.25) is 0 Å². The topological polar surface area (TPSA) is 55.6 Å². The van der Waals surface area contributed by atoms with Gasteiger partial charge in [0.05, 0.1) is 18.1 Å². The fourth-order valence-corrected chi connectivity index (χ4v) is 1.13. The summed E-state index contributed by atoms with van der Waals surface area (Å²) in [6.45, 7) is 1.94. The molecule has 0 aliphatic rings. The molecule has 2 aromatic rings. The summed E-state index contributed by atoms with van der Waals surface area (Å²) in [7, 11) is 1.81. The predicted molar refractivity (Wildman–Crippen MR) is 53.4 cm³/mol. The smallest absolute Gasteiger partial charge is 0.173 e. The Morgan fingerprint density at radius 2 is 2.21 bits per heavy atom. The van der Waals surface area contributed by atoms with Gasteiger partial charge in [0.2, 0.25) is 0 Å². The highest BCUT2D eigenvalue weighted by molar-refractivity contribution is 5.34. The molecule has 0 amide bonds. The van der Waals surface area contributed by atoms with Crippen molar-refractivity contribution in [2.75, 3.05) is 12.4 Å². The Morgan fingerprint density at radius 3 is 2.86 bits per heavy atom. The van der Waals surface area contributed by atoms with Gasteiger partial charge in [-0.05, 0) is 13.0 Å². The zero-order valence-corrected chi connectivity index (χ0v) is 8.10. The molecule has 0 bridgehead atoms. The van der Waals surface area contributed by atoms with Crippen LogP contribution in [0.15, 0.2) is 24.7 Å². The summed E-state index contributed by atoms with van der Waals surface area (Å²) >= 11 is 0. The molecular formula is C9H11N5. The third-order valence-electron chi connectivity index (χ3n) is 1.84. The Bertz CT molecular complexity index is 434. The highest BCUT2D eigenvalue weighted by atomic mass is 15.3. The minimum atomic E-state index is 0.713. The Balaban J connectivity index is 2.41. The Kier molecular flexibility index (Phi) is 2.14. The molecule has 5 heteroatoms. The molecule has 72 valence electrons. The number of rotatable bonds is 2. The maximum atomic E-state index is 4.30. The number of anilines is 1. The van der Waals surface area contributed by atoms with Crippen LogP contribution in [0.4, 0.5) is 5.82 Å². The van der Waals surface area contributed by atoms with Gasteiger partial charge in [0.15, 0.2) is 5.82 Å². The highest BCUT2D eigenvalue weighted by Crippen LogP contribution is 2.05. The van der Waals surface area contributed by atoms with E-state index in [4.69, 9.17) is 0 Å². The average molecular weight is 189 g/mol. The van der Waals surface area contributed by atoms with E-state index in [1.165, 1.54) is 0 Å². The van der Waals surface area contributed by atoms with Gasteiger partial charge >= 0.3 is 0 Å². The van der Waals surface area contributed by atoms with Crippen LogP contribution in [0.5, 0.6) is 0 Å². The van der Waals surface area contributed by atoms with E-state index < -0.39 is 0 Å². The zero-order chi connectivity index (χ0) is 9.97. The summed E-state index contributed by atoms with van der Waals surface area (Å²) in [5.74, 6) is 1.45. The second-order valence-corrected chi connectivity index (χ2v) is 2.91. The summed E-state index contributed by atoms with van der Waals surface area (Å²) in [6, 6.07) is 1.92. The van der Waals surface area contributed by atoms with Crippen molar-refractivity contribution in [3.8, 4) is 5.82 Å². The SMILES string of the molecule is CNc1cncc(-n2ccc(C)n2)n1. The number of nitrogens with zero attached hydrogens (tertiary/aromatic N) is 4. The third-order valence-corrected chi connectivity index (χ3v) is 1.84. The van der Waals surface area contributed by atoms with Gasteiger partial charge in [-0.2, -0.15) is 5.10 Å². The van der Waals surface area contributed by atoms with Gasteiger partial charge in [0.25, 0.3) is 0 Å². The Hall–Kier alpha value is -1.91. The fraction of sp³-hybridized carbons (Fsp3) is 0.222. The molecule has 14 heavy (non-hydrogen) atoms. The van der Waals surface area contributed by atoms with Crippen molar-refractivity contribution in [3.05, 3.63) is 30.4 Å². The van der Waals surface area contributed by atoms with Crippen LogP contribution in [-0.4, -0.2) is 26.8 Å². The summed E-state index contributed by atoms with van der Waals surface area (Å²) in [5.41, 5.74) is 0.960. The van der Waals surface area contributed by atoms with E-state index in [2.05, 4.69) is 20.4 Å². The van der Waals surface area contributed by atoms with Crippen LogP contribution in [0.1, 0.15) is 5.69 Å². The van der Waals surface area contributed by atoms with Crippen LogP contribution in [0.25, 0.3) is 5.82 Å². The molecule has 2 heterocycles. The molecule has 2 rings (SSSR count).